The fraction of sp³-hybridized carbons (Fsp3) is 0.333. The van der Waals surface area contributed by atoms with Crippen LogP contribution in [0.25, 0.3) is 0 Å². The van der Waals surface area contributed by atoms with E-state index in [-0.39, 0.29) is 0 Å². The second-order valence-electron chi connectivity index (χ2n) is 3.14. The number of halogens is 2. The van der Waals surface area contributed by atoms with E-state index in [1.807, 2.05) is 12.1 Å². The lowest BCUT2D eigenvalue weighted by molar-refractivity contribution is 0.365. The predicted molar refractivity (Wildman–Crippen MR) is 73.5 cm³/mol. The molecule has 0 aromatic heterocycles. The van der Waals surface area contributed by atoms with E-state index < -0.39 is 0 Å². The Hall–Kier alpha value is -0.500. The van der Waals surface area contributed by atoms with Crippen molar-refractivity contribution in [2.75, 3.05) is 13.2 Å². The predicted octanol–water partition coefficient (Wildman–Crippen LogP) is 3.11. The van der Waals surface area contributed by atoms with Crippen LogP contribution in [0.3, 0.4) is 0 Å². The monoisotopic (exact) mass is 345 g/mol. The molecular weight excluding hydrogens is 334 g/mol. The van der Waals surface area contributed by atoms with Crippen molar-refractivity contribution in [2.45, 2.75) is 13.3 Å². The summed E-state index contributed by atoms with van der Waals surface area (Å²) in [6, 6.07) is 4.04. The van der Waals surface area contributed by atoms with Gasteiger partial charge in [-0.05, 0) is 69.4 Å². The average molecular weight is 347 g/mol. The molecule has 0 saturated heterocycles. The molecule has 2 nitrogen and oxygen atoms in total. The van der Waals surface area contributed by atoms with Crippen LogP contribution in [0.4, 0.5) is 0 Å². The number of hydrogen-bond donors (Lipinski definition) is 1. The summed E-state index contributed by atoms with van der Waals surface area (Å²) in [5.41, 5.74) is 6.69. The summed E-state index contributed by atoms with van der Waals surface area (Å²) in [4.78, 5) is 0. The normalized spacial score (nSPS) is 9.50. The molecule has 0 atom stereocenters. The van der Waals surface area contributed by atoms with Crippen molar-refractivity contribution in [2.24, 2.45) is 5.73 Å². The molecule has 0 heterocycles. The molecule has 0 bridgehead atoms. The van der Waals surface area contributed by atoms with Crippen LogP contribution in [-0.2, 0) is 6.42 Å². The Morgan fingerprint density at radius 3 is 2.44 bits per heavy atom. The van der Waals surface area contributed by atoms with Crippen LogP contribution in [0.15, 0.2) is 21.1 Å². The molecule has 0 unspecified atom stereocenters. The van der Waals surface area contributed by atoms with E-state index in [1.165, 1.54) is 5.56 Å². The molecule has 0 aliphatic rings. The molecular formula is C12H13Br2NO. The van der Waals surface area contributed by atoms with Crippen LogP contribution in [0.2, 0.25) is 0 Å². The first-order chi connectivity index (χ1) is 7.69. The largest absolute Gasteiger partial charge is 0.479 e. The SMILES string of the molecule is CC#CCOc1c(Br)cc(CCN)cc1Br. The number of rotatable bonds is 4. The lowest BCUT2D eigenvalue weighted by atomic mass is 10.1. The van der Waals surface area contributed by atoms with Crippen LogP contribution < -0.4 is 10.5 Å². The summed E-state index contributed by atoms with van der Waals surface area (Å²) in [5, 5.41) is 0. The van der Waals surface area contributed by atoms with Crippen molar-refractivity contribution in [3.63, 3.8) is 0 Å². The molecule has 0 fully saturated rings. The van der Waals surface area contributed by atoms with Crippen LogP contribution in [0.5, 0.6) is 5.75 Å². The third kappa shape index (κ3) is 3.82. The molecule has 1 aromatic rings. The van der Waals surface area contributed by atoms with Crippen molar-refractivity contribution in [3.8, 4) is 17.6 Å². The lowest BCUT2D eigenvalue weighted by Crippen LogP contribution is -2.03. The van der Waals surface area contributed by atoms with E-state index in [1.54, 1.807) is 6.92 Å². The zero-order valence-electron chi connectivity index (χ0n) is 9.02. The molecule has 2 N–H and O–H groups in total. The van der Waals surface area contributed by atoms with Gasteiger partial charge in [-0.3, -0.25) is 0 Å². The van der Waals surface area contributed by atoms with Crippen LogP contribution >= 0.6 is 31.9 Å². The lowest BCUT2D eigenvalue weighted by Gasteiger charge is -2.10. The van der Waals surface area contributed by atoms with Gasteiger partial charge in [0.1, 0.15) is 12.4 Å². The fourth-order valence-electron chi connectivity index (χ4n) is 1.24. The molecule has 1 rings (SSSR count). The third-order valence-corrected chi connectivity index (χ3v) is 3.13. The number of hydrogen-bond acceptors (Lipinski definition) is 2. The van der Waals surface area contributed by atoms with E-state index in [9.17, 15) is 0 Å². The Balaban J connectivity index is 2.87. The summed E-state index contributed by atoms with van der Waals surface area (Å²) in [6.45, 7) is 2.82. The summed E-state index contributed by atoms with van der Waals surface area (Å²) in [7, 11) is 0. The highest BCUT2D eigenvalue weighted by atomic mass is 79.9. The maximum atomic E-state index is 5.54. The van der Waals surface area contributed by atoms with E-state index in [4.69, 9.17) is 10.5 Å². The minimum Gasteiger partial charge on any atom is -0.479 e. The molecule has 4 heteroatoms. The Morgan fingerprint density at radius 1 is 1.31 bits per heavy atom. The van der Waals surface area contributed by atoms with Gasteiger partial charge in [0.05, 0.1) is 8.95 Å². The first kappa shape index (κ1) is 13.6. The molecule has 1 aromatic carbocycles. The van der Waals surface area contributed by atoms with Crippen LogP contribution in [0, 0.1) is 11.8 Å². The van der Waals surface area contributed by atoms with Gasteiger partial charge in [0, 0.05) is 0 Å². The highest BCUT2D eigenvalue weighted by molar-refractivity contribution is 9.11. The van der Waals surface area contributed by atoms with Gasteiger partial charge in [0.15, 0.2) is 0 Å². The zero-order valence-corrected chi connectivity index (χ0v) is 12.2. The Labute approximate surface area is 113 Å². The molecule has 86 valence electrons. The van der Waals surface area contributed by atoms with E-state index in [0.717, 1.165) is 21.1 Å². The fourth-order valence-corrected chi connectivity index (χ4v) is 2.75. The van der Waals surface area contributed by atoms with Crippen LogP contribution in [0.1, 0.15) is 12.5 Å². The van der Waals surface area contributed by atoms with Crippen molar-refractivity contribution < 1.29 is 4.74 Å². The van der Waals surface area contributed by atoms with Crippen molar-refractivity contribution >= 4 is 31.9 Å². The quantitative estimate of drug-likeness (QED) is 0.850. The van der Waals surface area contributed by atoms with Crippen molar-refractivity contribution in [3.05, 3.63) is 26.6 Å². The smallest absolute Gasteiger partial charge is 0.149 e. The van der Waals surface area contributed by atoms with Gasteiger partial charge in [0.25, 0.3) is 0 Å². The van der Waals surface area contributed by atoms with Crippen LogP contribution in [-0.4, -0.2) is 13.2 Å². The molecule has 16 heavy (non-hydrogen) atoms. The Morgan fingerprint density at radius 2 is 1.94 bits per heavy atom. The summed E-state index contributed by atoms with van der Waals surface area (Å²) >= 11 is 6.95. The number of ether oxygens (including phenoxy) is 1. The van der Waals surface area contributed by atoms with Gasteiger partial charge in [-0.15, -0.1) is 5.92 Å². The summed E-state index contributed by atoms with van der Waals surface area (Å²) < 4.78 is 7.38. The first-order valence-electron chi connectivity index (χ1n) is 4.89. The summed E-state index contributed by atoms with van der Waals surface area (Å²) in [6.07, 6.45) is 0.853. The van der Waals surface area contributed by atoms with E-state index in [2.05, 4.69) is 43.7 Å². The third-order valence-electron chi connectivity index (χ3n) is 1.96. The maximum absolute atomic E-state index is 5.54. The Bertz CT molecular complexity index is 398. The number of benzene rings is 1. The topological polar surface area (TPSA) is 35.2 Å². The molecule has 0 aliphatic carbocycles. The number of nitrogens with two attached hydrogens (primary N) is 1. The van der Waals surface area contributed by atoms with Gasteiger partial charge in [0.2, 0.25) is 0 Å². The second-order valence-corrected chi connectivity index (χ2v) is 4.85. The zero-order chi connectivity index (χ0) is 12.0. The minimum absolute atomic E-state index is 0.393. The Kier molecular flexibility index (Phi) is 5.89. The van der Waals surface area contributed by atoms with Gasteiger partial charge >= 0.3 is 0 Å². The van der Waals surface area contributed by atoms with Gasteiger partial charge < -0.3 is 10.5 Å². The highest BCUT2D eigenvalue weighted by Gasteiger charge is 2.08. The van der Waals surface area contributed by atoms with Gasteiger partial charge in [-0.1, -0.05) is 5.92 Å². The maximum Gasteiger partial charge on any atom is 0.149 e. The van der Waals surface area contributed by atoms with E-state index in [0.29, 0.717) is 13.2 Å². The second kappa shape index (κ2) is 6.95. The molecule has 0 aliphatic heterocycles. The highest BCUT2D eigenvalue weighted by Crippen LogP contribution is 2.34. The van der Waals surface area contributed by atoms with E-state index >= 15 is 0 Å². The molecule has 0 amide bonds. The minimum atomic E-state index is 0.393. The van der Waals surface area contributed by atoms with Gasteiger partial charge in [-0.25, -0.2) is 0 Å². The summed E-state index contributed by atoms with van der Waals surface area (Å²) in [5.74, 6) is 6.42. The van der Waals surface area contributed by atoms with Crippen molar-refractivity contribution in [1.29, 1.82) is 0 Å². The first-order valence-corrected chi connectivity index (χ1v) is 6.48. The van der Waals surface area contributed by atoms with Crippen molar-refractivity contribution in [1.82, 2.24) is 0 Å². The average Bonchev–Trinajstić information content (AvgIpc) is 2.23. The molecule has 0 radical (unpaired) electrons. The van der Waals surface area contributed by atoms with Gasteiger partial charge in [-0.2, -0.15) is 0 Å². The molecule has 0 saturated carbocycles. The molecule has 0 spiro atoms. The standard InChI is InChI=1S/C12H13Br2NO/c1-2-3-6-16-12-10(13)7-9(4-5-15)8-11(12)14/h7-8H,4-6,15H2,1H3.